The van der Waals surface area contributed by atoms with Crippen LogP contribution in [0.3, 0.4) is 0 Å². The van der Waals surface area contributed by atoms with E-state index in [0.717, 1.165) is 0 Å². The van der Waals surface area contributed by atoms with Crippen LogP contribution in [0, 0.1) is 5.92 Å². The first-order valence-corrected chi connectivity index (χ1v) is 8.64. The van der Waals surface area contributed by atoms with E-state index in [0.29, 0.717) is 18.9 Å². The van der Waals surface area contributed by atoms with Crippen LogP contribution in [-0.4, -0.2) is 5.91 Å². The van der Waals surface area contributed by atoms with Gasteiger partial charge in [0.25, 0.3) is 0 Å². The highest BCUT2D eigenvalue weighted by Crippen LogP contribution is 2.28. The van der Waals surface area contributed by atoms with Crippen LogP contribution in [0.2, 0.25) is 0 Å². The van der Waals surface area contributed by atoms with Gasteiger partial charge in [-0.3, -0.25) is 4.79 Å². The fourth-order valence-electron chi connectivity index (χ4n) is 3.12. The molecule has 0 spiro atoms. The maximum Gasteiger partial charge on any atom is 0.220 e. The number of thiophene rings is 1. The Morgan fingerprint density at radius 1 is 1.19 bits per heavy atom. The molecule has 3 rings (SSSR count). The van der Waals surface area contributed by atoms with Gasteiger partial charge in [-0.05, 0) is 52.3 Å². The molecule has 0 bridgehead atoms. The summed E-state index contributed by atoms with van der Waals surface area (Å²) in [6.07, 6.45) is 5.72. The molecule has 0 radical (unpaired) electrons. The Hall–Kier alpha value is -1.61. The largest absolute Gasteiger partial charge is 0.352 e. The van der Waals surface area contributed by atoms with Gasteiger partial charge in [-0.15, -0.1) is 0 Å². The average molecular weight is 299 g/mol. The van der Waals surface area contributed by atoms with Gasteiger partial charge in [0.1, 0.15) is 0 Å². The van der Waals surface area contributed by atoms with Crippen molar-refractivity contribution in [2.45, 2.75) is 38.6 Å². The first-order valence-electron chi connectivity index (χ1n) is 7.70. The predicted octanol–water partition coefficient (Wildman–Crippen LogP) is 4.61. The fourth-order valence-corrected chi connectivity index (χ4v) is 3.77. The Morgan fingerprint density at radius 2 is 2.00 bits per heavy atom. The van der Waals surface area contributed by atoms with Gasteiger partial charge < -0.3 is 5.32 Å². The van der Waals surface area contributed by atoms with E-state index in [1.165, 1.54) is 42.4 Å². The van der Waals surface area contributed by atoms with Gasteiger partial charge in [0.15, 0.2) is 0 Å². The molecule has 21 heavy (non-hydrogen) atoms. The molecule has 1 aliphatic carbocycles. The molecule has 0 unspecified atom stereocenters. The van der Waals surface area contributed by atoms with E-state index < -0.39 is 0 Å². The third kappa shape index (κ3) is 3.73. The second-order valence-corrected chi connectivity index (χ2v) is 6.58. The molecule has 1 amide bonds. The molecule has 3 heteroatoms. The number of carbonyl (C=O) groups excluding carboxylic acids is 1. The highest BCUT2D eigenvalue weighted by atomic mass is 32.1. The fraction of sp³-hybridized carbons (Fsp3) is 0.389. The van der Waals surface area contributed by atoms with Crippen molar-refractivity contribution >= 4 is 17.2 Å². The maximum atomic E-state index is 12.1. The molecule has 1 aliphatic rings. The summed E-state index contributed by atoms with van der Waals surface area (Å²) in [7, 11) is 0. The molecular formula is C18H21NOS. The van der Waals surface area contributed by atoms with Gasteiger partial charge in [-0.2, -0.15) is 11.3 Å². The lowest BCUT2D eigenvalue weighted by molar-refractivity contribution is -0.122. The SMILES string of the molecule is O=C(CC1CCCC1)NCc1ccccc1-c1ccsc1. The van der Waals surface area contributed by atoms with Crippen molar-refractivity contribution in [3.8, 4) is 11.1 Å². The molecule has 2 nitrogen and oxygen atoms in total. The summed E-state index contributed by atoms with van der Waals surface area (Å²) in [5.74, 6) is 0.805. The summed E-state index contributed by atoms with van der Waals surface area (Å²) in [6.45, 7) is 0.623. The number of amides is 1. The van der Waals surface area contributed by atoms with E-state index in [1.54, 1.807) is 11.3 Å². The molecule has 1 heterocycles. The molecule has 0 aliphatic heterocycles. The molecule has 0 saturated heterocycles. The summed E-state index contributed by atoms with van der Waals surface area (Å²) < 4.78 is 0. The zero-order valence-electron chi connectivity index (χ0n) is 12.2. The second-order valence-electron chi connectivity index (χ2n) is 5.80. The quantitative estimate of drug-likeness (QED) is 0.858. The Bertz CT molecular complexity index is 585. The van der Waals surface area contributed by atoms with E-state index in [2.05, 4.69) is 40.3 Å². The summed E-state index contributed by atoms with van der Waals surface area (Å²) in [5, 5.41) is 7.33. The molecule has 2 aromatic rings. The van der Waals surface area contributed by atoms with Crippen molar-refractivity contribution in [3.63, 3.8) is 0 Å². The minimum absolute atomic E-state index is 0.196. The number of hydrogen-bond donors (Lipinski definition) is 1. The molecule has 1 aromatic carbocycles. The van der Waals surface area contributed by atoms with E-state index >= 15 is 0 Å². The van der Waals surface area contributed by atoms with Crippen molar-refractivity contribution in [1.29, 1.82) is 0 Å². The van der Waals surface area contributed by atoms with Crippen LogP contribution in [0.4, 0.5) is 0 Å². The van der Waals surface area contributed by atoms with Crippen LogP contribution in [0.5, 0.6) is 0 Å². The van der Waals surface area contributed by atoms with E-state index in [9.17, 15) is 4.79 Å². The van der Waals surface area contributed by atoms with Crippen LogP contribution < -0.4 is 5.32 Å². The minimum atomic E-state index is 0.196. The molecule has 1 fully saturated rings. The highest BCUT2D eigenvalue weighted by Gasteiger charge is 2.18. The van der Waals surface area contributed by atoms with Crippen LogP contribution >= 0.6 is 11.3 Å². The summed E-state index contributed by atoms with van der Waals surface area (Å²) >= 11 is 1.70. The van der Waals surface area contributed by atoms with Crippen molar-refractivity contribution in [2.75, 3.05) is 0 Å². The average Bonchev–Trinajstić information content (AvgIpc) is 3.18. The van der Waals surface area contributed by atoms with Crippen LogP contribution in [0.15, 0.2) is 41.1 Å². The maximum absolute atomic E-state index is 12.1. The highest BCUT2D eigenvalue weighted by molar-refractivity contribution is 7.08. The third-order valence-electron chi connectivity index (χ3n) is 4.27. The zero-order valence-corrected chi connectivity index (χ0v) is 13.0. The van der Waals surface area contributed by atoms with Crippen molar-refractivity contribution < 1.29 is 4.79 Å². The molecule has 1 saturated carbocycles. The number of nitrogens with one attached hydrogen (secondary N) is 1. The first-order chi connectivity index (χ1) is 10.3. The molecular weight excluding hydrogens is 278 g/mol. The lowest BCUT2D eigenvalue weighted by Crippen LogP contribution is -2.24. The Morgan fingerprint density at radius 3 is 2.76 bits per heavy atom. The van der Waals surface area contributed by atoms with Crippen molar-refractivity contribution in [3.05, 3.63) is 46.7 Å². The summed E-state index contributed by atoms with van der Waals surface area (Å²) in [5.41, 5.74) is 3.65. The first kappa shape index (κ1) is 14.3. The second kappa shape index (κ2) is 6.90. The zero-order chi connectivity index (χ0) is 14.5. The van der Waals surface area contributed by atoms with Crippen molar-refractivity contribution in [2.24, 2.45) is 5.92 Å². The molecule has 1 aromatic heterocycles. The lowest BCUT2D eigenvalue weighted by atomic mass is 10.0. The number of hydrogen-bond acceptors (Lipinski definition) is 2. The Kier molecular flexibility index (Phi) is 4.71. The van der Waals surface area contributed by atoms with Gasteiger partial charge in [-0.1, -0.05) is 37.1 Å². The van der Waals surface area contributed by atoms with Crippen LogP contribution in [0.25, 0.3) is 11.1 Å². The van der Waals surface area contributed by atoms with Crippen LogP contribution in [-0.2, 0) is 11.3 Å². The smallest absolute Gasteiger partial charge is 0.220 e. The Labute approximate surface area is 130 Å². The van der Waals surface area contributed by atoms with Gasteiger partial charge in [0, 0.05) is 13.0 Å². The third-order valence-corrected chi connectivity index (χ3v) is 4.96. The van der Waals surface area contributed by atoms with Crippen LogP contribution in [0.1, 0.15) is 37.7 Å². The van der Waals surface area contributed by atoms with E-state index in [1.807, 2.05) is 6.07 Å². The van der Waals surface area contributed by atoms with Gasteiger partial charge in [0.2, 0.25) is 5.91 Å². The Balaban J connectivity index is 1.61. The summed E-state index contributed by atoms with van der Waals surface area (Å²) in [6, 6.07) is 10.4. The minimum Gasteiger partial charge on any atom is -0.352 e. The predicted molar refractivity (Wildman–Crippen MR) is 88.2 cm³/mol. The number of carbonyl (C=O) groups is 1. The van der Waals surface area contributed by atoms with E-state index in [4.69, 9.17) is 0 Å². The van der Waals surface area contributed by atoms with Gasteiger partial charge in [0.05, 0.1) is 0 Å². The molecule has 1 N–H and O–H groups in total. The molecule has 110 valence electrons. The number of rotatable bonds is 5. The van der Waals surface area contributed by atoms with Gasteiger partial charge in [-0.25, -0.2) is 0 Å². The normalized spacial score (nSPS) is 15.2. The topological polar surface area (TPSA) is 29.1 Å². The van der Waals surface area contributed by atoms with Gasteiger partial charge >= 0.3 is 0 Å². The van der Waals surface area contributed by atoms with E-state index in [-0.39, 0.29) is 5.91 Å². The number of benzene rings is 1. The van der Waals surface area contributed by atoms with Crippen molar-refractivity contribution in [1.82, 2.24) is 5.32 Å². The lowest BCUT2D eigenvalue weighted by Gasteiger charge is -2.12. The monoisotopic (exact) mass is 299 g/mol. The summed E-state index contributed by atoms with van der Waals surface area (Å²) in [4.78, 5) is 12.1. The molecule has 0 atom stereocenters. The standard InChI is InChI=1S/C18H21NOS/c20-18(11-14-5-1-2-6-14)19-12-15-7-3-4-8-17(15)16-9-10-21-13-16/h3-4,7-10,13-14H,1-2,5-6,11-12H2,(H,19,20).